The second-order valence-electron chi connectivity index (χ2n) is 6.84. The minimum absolute atomic E-state index is 0.0727. The fourth-order valence-corrected chi connectivity index (χ4v) is 3.46. The van der Waals surface area contributed by atoms with E-state index in [2.05, 4.69) is 4.98 Å². The van der Waals surface area contributed by atoms with Gasteiger partial charge in [-0.1, -0.05) is 48.1 Å². The first-order valence-electron chi connectivity index (χ1n) is 8.89. The molecule has 142 valence electrons. The normalized spacial score (nSPS) is 16.0. The highest BCUT2D eigenvalue weighted by Crippen LogP contribution is 2.32. The smallest absolute Gasteiger partial charge is 0.292 e. The highest BCUT2D eigenvalue weighted by Gasteiger charge is 2.31. The molecule has 4 rings (SSSR count). The Morgan fingerprint density at radius 3 is 2.61 bits per heavy atom. The van der Waals surface area contributed by atoms with Crippen molar-refractivity contribution in [3.63, 3.8) is 0 Å². The number of benzene rings is 2. The van der Waals surface area contributed by atoms with Crippen molar-refractivity contribution in [3.05, 3.63) is 87.5 Å². The molecular weight excluding hydrogens is 365 g/mol. The average Bonchev–Trinajstić information content (AvgIpc) is 3.04. The number of hydrogen-bond acceptors (Lipinski definition) is 2. The van der Waals surface area contributed by atoms with Crippen molar-refractivity contribution < 1.29 is 13.2 Å². The molecule has 0 unspecified atom stereocenters. The third-order valence-corrected chi connectivity index (χ3v) is 4.77. The summed E-state index contributed by atoms with van der Waals surface area (Å²) in [6.07, 6.45) is 0.0949. The molecule has 0 aliphatic carbocycles. The summed E-state index contributed by atoms with van der Waals surface area (Å²) < 4.78 is 40.6. The van der Waals surface area contributed by atoms with E-state index in [0.29, 0.717) is 18.8 Å². The van der Waals surface area contributed by atoms with E-state index in [4.69, 9.17) is 0 Å². The molecular formula is C22H17F3N2O. The number of rotatable bonds is 2. The van der Waals surface area contributed by atoms with Crippen molar-refractivity contribution in [1.82, 2.24) is 9.55 Å². The van der Waals surface area contributed by atoms with Crippen LogP contribution in [-0.4, -0.2) is 9.55 Å². The van der Waals surface area contributed by atoms with E-state index >= 15 is 0 Å². The van der Waals surface area contributed by atoms with Gasteiger partial charge in [-0.15, -0.1) is 0 Å². The van der Waals surface area contributed by atoms with Crippen LogP contribution >= 0.6 is 0 Å². The summed E-state index contributed by atoms with van der Waals surface area (Å²) in [7, 11) is 0. The quantitative estimate of drug-likeness (QED) is 0.602. The number of nitrogens with zero attached hydrogens (tertiary/aromatic N) is 2. The van der Waals surface area contributed by atoms with E-state index < -0.39 is 11.7 Å². The molecule has 0 fully saturated rings. The van der Waals surface area contributed by atoms with E-state index in [1.165, 1.54) is 10.6 Å². The van der Waals surface area contributed by atoms with Crippen LogP contribution in [0, 0.1) is 0 Å². The second-order valence-corrected chi connectivity index (χ2v) is 6.84. The summed E-state index contributed by atoms with van der Waals surface area (Å²) >= 11 is 0. The highest BCUT2D eigenvalue weighted by molar-refractivity contribution is 5.81. The van der Waals surface area contributed by atoms with E-state index in [1.54, 1.807) is 0 Å². The van der Waals surface area contributed by atoms with Gasteiger partial charge in [0.25, 0.3) is 5.56 Å². The zero-order valence-corrected chi connectivity index (χ0v) is 15.1. The number of halogens is 3. The van der Waals surface area contributed by atoms with Gasteiger partial charge in [-0.3, -0.25) is 9.36 Å². The first kappa shape index (κ1) is 18.2. The Morgan fingerprint density at radius 2 is 1.89 bits per heavy atom. The monoisotopic (exact) mass is 382 g/mol. The lowest BCUT2D eigenvalue weighted by molar-refractivity contribution is -0.137. The van der Waals surface area contributed by atoms with E-state index in [1.807, 2.05) is 49.4 Å². The average molecular weight is 382 g/mol. The molecule has 1 aromatic heterocycles. The third-order valence-electron chi connectivity index (χ3n) is 4.77. The van der Waals surface area contributed by atoms with Crippen molar-refractivity contribution in [3.8, 4) is 0 Å². The Bertz CT molecular complexity index is 1170. The molecule has 3 nitrogen and oxygen atoms in total. The summed E-state index contributed by atoms with van der Waals surface area (Å²) in [5.74, 6) is 0.442. The molecule has 0 spiro atoms. The molecule has 1 aliphatic heterocycles. The molecule has 0 N–H and O–H groups in total. The van der Waals surface area contributed by atoms with Gasteiger partial charge in [0.05, 0.1) is 16.5 Å². The largest absolute Gasteiger partial charge is 0.416 e. The lowest BCUT2D eigenvalue weighted by Gasteiger charge is -2.09. The van der Waals surface area contributed by atoms with Crippen molar-refractivity contribution in [2.24, 2.45) is 0 Å². The van der Waals surface area contributed by atoms with Crippen LogP contribution in [0.2, 0.25) is 0 Å². The van der Waals surface area contributed by atoms with Gasteiger partial charge in [-0.05, 0) is 42.7 Å². The molecule has 0 amide bonds. The minimum Gasteiger partial charge on any atom is -0.292 e. The van der Waals surface area contributed by atoms with Crippen LogP contribution in [0.5, 0.6) is 0 Å². The van der Waals surface area contributed by atoms with Crippen molar-refractivity contribution in [2.45, 2.75) is 26.1 Å². The van der Waals surface area contributed by atoms with Crippen LogP contribution in [0.25, 0.3) is 22.6 Å². The lowest BCUT2D eigenvalue weighted by Crippen LogP contribution is -2.21. The number of allylic oxidation sites excluding steroid dienone is 3. The predicted octanol–water partition coefficient (Wildman–Crippen LogP) is 5.31. The molecule has 3 aromatic rings. The van der Waals surface area contributed by atoms with Crippen LogP contribution < -0.4 is 5.56 Å². The van der Waals surface area contributed by atoms with Crippen molar-refractivity contribution >= 4 is 22.6 Å². The molecule has 0 radical (unpaired) electrons. The summed E-state index contributed by atoms with van der Waals surface area (Å²) in [5.41, 5.74) is 1.84. The molecule has 1 aliphatic rings. The van der Waals surface area contributed by atoms with Crippen molar-refractivity contribution in [2.75, 3.05) is 0 Å². The first-order chi connectivity index (χ1) is 13.3. The van der Waals surface area contributed by atoms with E-state index in [9.17, 15) is 18.0 Å². The van der Waals surface area contributed by atoms with Crippen LogP contribution in [0.3, 0.4) is 0 Å². The molecule has 0 atom stereocenters. The number of hydrogen-bond donors (Lipinski definition) is 0. The number of aromatic nitrogens is 2. The summed E-state index contributed by atoms with van der Waals surface area (Å²) in [5, 5.41) is 0.203. The predicted molar refractivity (Wildman–Crippen MR) is 104 cm³/mol. The van der Waals surface area contributed by atoms with Crippen LogP contribution in [-0.2, 0) is 12.7 Å². The van der Waals surface area contributed by atoms with Gasteiger partial charge in [0.2, 0.25) is 0 Å². The highest BCUT2D eigenvalue weighted by atomic mass is 19.4. The van der Waals surface area contributed by atoms with Gasteiger partial charge in [-0.2, -0.15) is 13.2 Å². The molecule has 0 bridgehead atoms. The Kier molecular flexibility index (Phi) is 4.41. The van der Waals surface area contributed by atoms with Gasteiger partial charge >= 0.3 is 6.18 Å². The fourth-order valence-electron chi connectivity index (χ4n) is 3.46. The standard InChI is InChI=1S/C22H17F3N2O/c1-14(11-15-5-3-2-4-6-15)12-16-9-10-27-20(16)26-19-13-17(22(23,24)25)7-8-18(19)21(27)28/h2-8,11-13H,9-10H2,1H3. The van der Waals surface area contributed by atoms with Gasteiger partial charge < -0.3 is 0 Å². The topological polar surface area (TPSA) is 34.9 Å². The Hall–Kier alpha value is -3.15. The first-order valence-corrected chi connectivity index (χ1v) is 8.89. The van der Waals surface area contributed by atoms with E-state index in [-0.39, 0.29) is 16.5 Å². The lowest BCUT2D eigenvalue weighted by atomic mass is 10.1. The second kappa shape index (κ2) is 6.78. The Morgan fingerprint density at radius 1 is 1.14 bits per heavy atom. The summed E-state index contributed by atoms with van der Waals surface area (Å²) in [6.45, 7) is 2.42. The molecule has 28 heavy (non-hydrogen) atoms. The zero-order valence-electron chi connectivity index (χ0n) is 15.1. The third kappa shape index (κ3) is 3.38. The van der Waals surface area contributed by atoms with Gasteiger partial charge in [0.1, 0.15) is 5.82 Å². The van der Waals surface area contributed by atoms with Crippen LogP contribution in [0.4, 0.5) is 13.2 Å². The van der Waals surface area contributed by atoms with Crippen molar-refractivity contribution in [1.29, 1.82) is 0 Å². The van der Waals surface area contributed by atoms with Gasteiger partial charge in [-0.25, -0.2) is 4.98 Å². The molecule has 2 aromatic carbocycles. The number of alkyl halides is 3. The molecule has 2 heterocycles. The van der Waals surface area contributed by atoms with Crippen LogP contribution in [0.1, 0.15) is 30.3 Å². The molecule has 0 saturated heterocycles. The SMILES string of the molecule is CC(=Cc1ccccc1)C=C1CCn2c1nc1cc(C(F)(F)F)ccc1c2=O. The van der Waals surface area contributed by atoms with E-state index in [0.717, 1.165) is 28.8 Å². The maximum atomic E-state index is 13.0. The maximum absolute atomic E-state index is 13.0. The van der Waals surface area contributed by atoms with Crippen LogP contribution in [0.15, 0.2) is 65.0 Å². The minimum atomic E-state index is -4.47. The zero-order chi connectivity index (χ0) is 19.9. The molecule has 6 heteroatoms. The fraction of sp³-hybridized carbons (Fsp3) is 0.182. The number of fused-ring (bicyclic) bond motifs is 2. The van der Waals surface area contributed by atoms with Gasteiger partial charge in [0, 0.05) is 6.54 Å². The summed E-state index contributed by atoms with van der Waals surface area (Å²) in [6, 6.07) is 12.9. The Balaban J connectivity index is 1.80. The van der Waals surface area contributed by atoms with Gasteiger partial charge in [0.15, 0.2) is 0 Å². The summed E-state index contributed by atoms with van der Waals surface area (Å²) in [4.78, 5) is 17.1. The Labute approximate surface area is 159 Å². The maximum Gasteiger partial charge on any atom is 0.416 e. The molecule has 0 saturated carbocycles.